The van der Waals surface area contributed by atoms with E-state index in [1.54, 1.807) is 24.3 Å². The summed E-state index contributed by atoms with van der Waals surface area (Å²) in [5.41, 5.74) is 1.04. The Morgan fingerprint density at radius 2 is 2.10 bits per heavy atom. The van der Waals surface area contributed by atoms with Crippen LogP contribution >= 0.6 is 0 Å². The molecule has 1 heterocycles. The lowest BCUT2D eigenvalue weighted by Crippen LogP contribution is -2.41. The molecule has 0 unspecified atom stereocenters. The van der Waals surface area contributed by atoms with E-state index in [9.17, 15) is 8.42 Å². The number of nitriles is 1. The molecule has 2 rings (SSSR count). The second-order valence-electron chi connectivity index (χ2n) is 5.57. The number of rotatable bonds is 5. The summed E-state index contributed by atoms with van der Waals surface area (Å²) in [5.74, 6) is 0.271. The molecule has 1 fully saturated rings. The molecule has 5 nitrogen and oxygen atoms in total. The molecule has 0 saturated carbocycles. The van der Waals surface area contributed by atoms with Gasteiger partial charge in [-0.3, -0.25) is 4.90 Å². The van der Waals surface area contributed by atoms with Crippen molar-refractivity contribution in [2.75, 3.05) is 26.2 Å². The fourth-order valence-electron chi connectivity index (χ4n) is 2.59. The maximum atomic E-state index is 12.2. The minimum Gasteiger partial charge on any atom is -0.290 e. The van der Waals surface area contributed by atoms with E-state index in [1.807, 2.05) is 6.92 Å². The molecular weight excluding hydrogens is 286 g/mol. The second kappa shape index (κ2) is 7.03. The van der Waals surface area contributed by atoms with Gasteiger partial charge in [-0.25, -0.2) is 13.1 Å². The predicted octanol–water partition coefficient (Wildman–Crippen LogP) is 1.51. The van der Waals surface area contributed by atoms with Crippen LogP contribution in [0, 0.1) is 24.2 Å². The van der Waals surface area contributed by atoms with Gasteiger partial charge in [-0.05, 0) is 44.4 Å². The van der Waals surface area contributed by atoms with E-state index in [1.165, 1.54) is 0 Å². The largest absolute Gasteiger partial charge is 0.290 e. The van der Waals surface area contributed by atoms with Gasteiger partial charge in [-0.2, -0.15) is 5.26 Å². The zero-order valence-corrected chi connectivity index (χ0v) is 13.1. The van der Waals surface area contributed by atoms with Crippen molar-refractivity contribution in [2.45, 2.75) is 24.7 Å². The van der Waals surface area contributed by atoms with Crippen molar-refractivity contribution in [1.82, 2.24) is 9.62 Å². The number of hydrogen-bond donors (Lipinski definition) is 1. The number of aryl methyl sites for hydroxylation is 1. The van der Waals surface area contributed by atoms with Crippen LogP contribution in [0.5, 0.6) is 0 Å². The van der Waals surface area contributed by atoms with Crippen LogP contribution < -0.4 is 4.72 Å². The number of piperidine rings is 1. The van der Waals surface area contributed by atoms with Gasteiger partial charge in [-0.15, -0.1) is 0 Å². The molecule has 0 bridgehead atoms. The minimum absolute atomic E-state index is 0.271. The highest BCUT2D eigenvalue weighted by molar-refractivity contribution is 7.89. The number of sulfonamides is 1. The van der Waals surface area contributed by atoms with Gasteiger partial charge in [0.1, 0.15) is 0 Å². The lowest BCUT2D eigenvalue weighted by Gasteiger charge is -2.30. The van der Waals surface area contributed by atoms with E-state index in [-0.39, 0.29) is 5.92 Å². The van der Waals surface area contributed by atoms with E-state index in [0.717, 1.165) is 31.5 Å². The first-order chi connectivity index (χ1) is 10.0. The Morgan fingerprint density at radius 1 is 1.38 bits per heavy atom. The minimum atomic E-state index is -3.44. The average Bonchev–Trinajstić information content (AvgIpc) is 2.47. The van der Waals surface area contributed by atoms with Crippen molar-refractivity contribution < 1.29 is 8.42 Å². The number of likely N-dealkylation sites (tertiary alicyclic amines) is 1. The summed E-state index contributed by atoms with van der Waals surface area (Å²) in [6.07, 6.45) is 2.01. The van der Waals surface area contributed by atoms with Crippen LogP contribution in [0.2, 0.25) is 0 Å². The van der Waals surface area contributed by atoms with Crippen molar-refractivity contribution in [2.24, 2.45) is 5.92 Å². The van der Waals surface area contributed by atoms with Crippen LogP contribution in [-0.4, -0.2) is 39.5 Å². The van der Waals surface area contributed by atoms with Crippen molar-refractivity contribution in [3.8, 4) is 6.07 Å². The zero-order chi connectivity index (χ0) is 15.3. The SMILES string of the molecule is Cc1ccc(S(=O)(=O)NC[C@@H]2CCCN(CC#N)C2)cc1. The van der Waals surface area contributed by atoms with Gasteiger partial charge in [0.15, 0.2) is 0 Å². The fraction of sp³-hybridized carbons (Fsp3) is 0.533. The topological polar surface area (TPSA) is 73.2 Å². The quantitative estimate of drug-likeness (QED) is 0.837. The summed E-state index contributed by atoms with van der Waals surface area (Å²) in [4.78, 5) is 2.38. The van der Waals surface area contributed by atoms with Crippen molar-refractivity contribution in [3.05, 3.63) is 29.8 Å². The molecule has 1 aliphatic rings. The van der Waals surface area contributed by atoms with Crippen molar-refractivity contribution in [1.29, 1.82) is 5.26 Å². The number of nitrogens with zero attached hydrogens (tertiary/aromatic N) is 2. The van der Waals surface area contributed by atoms with Crippen molar-refractivity contribution >= 4 is 10.0 Å². The van der Waals surface area contributed by atoms with Crippen LogP contribution in [0.3, 0.4) is 0 Å². The summed E-state index contributed by atoms with van der Waals surface area (Å²) < 4.78 is 27.1. The first-order valence-corrected chi connectivity index (χ1v) is 8.65. The van der Waals surface area contributed by atoms with Gasteiger partial charge in [0.2, 0.25) is 10.0 Å². The van der Waals surface area contributed by atoms with Gasteiger partial charge in [-0.1, -0.05) is 17.7 Å². The Morgan fingerprint density at radius 3 is 2.76 bits per heavy atom. The lowest BCUT2D eigenvalue weighted by molar-refractivity contribution is 0.194. The third-order valence-corrected chi connectivity index (χ3v) is 5.23. The zero-order valence-electron chi connectivity index (χ0n) is 12.2. The third kappa shape index (κ3) is 4.53. The Kier molecular flexibility index (Phi) is 5.34. The molecule has 0 amide bonds. The molecule has 0 spiro atoms. The first kappa shape index (κ1) is 16.0. The highest BCUT2D eigenvalue weighted by atomic mass is 32.2. The average molecular weight is 307 g/mol. The summed E-state index contributed by atoms with van der Waals surface area (Å²) in [6, 6.07) is 8.99. The van der Waals surface area contributed by atoms with Gasteiger partial charge in [0.05, 0.1) is 17.5 Å². The Bertz CT molecular complexity index is 605. The normalized spacial score (nSPS) is 20.1. The molecular formula is C15H21N3O2S. The lowest BCUT2D eigenvalue weighted by atomic mass is 9.98. The van der Waals surface area contributed by atoms with E-state index >= 15 is 0 Å². The molecule has 6 heteroatoms. The predicted molar refractivity (Wildman–Crippen MR) is 81.1 cm³/mol. The number of hydrogen-bond acceptors (Lipinski definition) is 4. The van der Waals surface area contributed by atoms with Gasteiger partial charge in [0, 0.05) is 13.1 Å². The highest BCUT2D eigenvalue weighted by Crippen LogP contribution is 2.16. The molecule has 0 aromatic heterocycles. The molecule has 1 saturated heterocycles. The van der Waals surface area contributed by atoms with Gasteiger partial charge < -0.3 is 0 Å². The standard InChI is InChI=1S/C15H21N3O2S/c1-13-4-6-15(7-5-13)21(19,20)17-11-14-3-2-9-18(12-14)10-8-16/h4-7,14,17H,2-3,9-12H2,1H3/t14-/m0/s1. The maximum Gasteiger partial charge on any atom is 0.240 e. The first-order valence-electron chi connectivity index (χ1n) is 7.17. The molecule has 1 aromatic carbocycles. The molecule has 21 heavy (non-hydrogen) atoms. The third-order valence-electron chi connectivity index (χ3n) is 3.79. The molecule has 0 radical (unpaired) electrons. The molecule has 1 atom stereocenters. The fourth-order valence-corrected chi connectivity index (χ4v) is 3.71. The summed E-state index contributed by atoms with van der Waals surface area (Å²) in [5, 5.41) is 8.73. The molecule has 1 aliphatic heterocycles. The van der Waals surface area contributed by atoms with Gasteiger partial charge >= 0.3 is 0 Å². The number of benzene rings is 1. The summed E-state index contributed by atoms with van der Waals surface area (Å²) in [7, 11) is -3.44. The Hall–Kier alpha value is -1.42. The Labute approximate surface area is 126 Å². The van der Waals surface area contributed by atoms with Crippen LogP contribution in [0.15, 0.2) is 29.2 Å². The summed E-state index contributed by atoms with van der Waals surface area (Å²) >= 11 is 0. The van der Waals surface area contributed by atoms with Gasteiger partial charge in [0.25, 0.3) is 0 Å². The van der Waals surface area contributed by atoms with Crippen LogP contribution in [0.1, 0.15) is 18.4 Å². The molecule has 0 aliphatic carbocycles. The monoisotopic (exact) mass is 307 g/mol. The van der Waals surface area contributed by atoms with E-state index in [2.05, 4.69) is 15.7 Å². The molecule has 1 aromatic rings. The van der Waals surface area contributed by atoms with Crippen LogP contribution in [-0.2, 0) is 10.0 Å². The maximum absolute atomic E-state index is 12.2. The smallest absolute Gasteiger partial charge is 0.240 e. The van der Waals surface area contributed by atoms with E-state index in [0.29, 0.717) is 18.0 Å². The summed E-state index contributed by atoms with van der Waals surface area (Å²) in [6.45, 7) is 4.48. The van der Waals surface area contributed by atoms with Crippen molar-refractivity contribution in [3.63, 3.8) is 0 Å². The van der Waals surface area contributed by atoms with Crippen LogP contribution in [0.4, 0.5) is 0 Å². The molecule has 114 valence electrons. The molecule has 1 N–H and O–H groups in total. The number of nitrogens with one attached hydrogen (secondary N) is 1. The van der Waals surface area contributed by atoms with Crippen LogP contribution in [0.25, 0.3) is 0 Å². The highest BCUT2D eigenvalue weighted by Gasteiger charge is 2.22. The Balaban J connectivity index is 1.92. The van der Waals surface area contributed by atoms with E-state index in [4.69, 9.17) is 5.26 Å². The second-order valence-corrected chi connectivity index (χ2v) is 7.33. The van der Waals surface area contributed by atoms with E-state index < -0.39 is 10.0 Å².